The highest BCUT2D eigenvalue weighted by atomic mass is 32.1. The van der Waals surface area contributed by atoms with Gasteiger partial charge in [-0.05, 0) is 29.8 Å². The summed E-state index contributed by atoms with van der Waals surface area (Å²) < 4.78 is 14.0. The van der Waals surface area contributed by atoms with Gasteiger partial charge in [-0.2, -0.15) is 0 Å². The van der Waals surface area contributed by atoms with Gasteiger partial charge in [0.15, 0.2) is 0 Å². The zero-order valence-corrected chi connectivity index (χ0v) is 9.88. The van der Waals surface area contributed by atoms with E-state index < -0.39 is 0 Å². The van der Waals surface area contributed by atoms with Gasteiger partial charge in [0.25, 0.3) is 0 Å². The number of hydrogen-bond acceptors (Lipinski definition) is 2. The number of para-hydroxylation sites is 1. The minimum Gasteiger partial charge on any atom is -0.241 e. The molecule has 3 aromatic rings. The van der Waals surface area contributed by atoms with E-state index in [0.29, 0.717) is 0 Å². The molecule has 17 heavy (non-hydrogen) atoms. The molecule has 0 aliphatic rings. The van der Waals surface area contributed by atoms with Gasteiger partial charge in [-0.3, -0.25) is 0 Å². The number of nitrogens with zero attached hydrogens (tertiary/aromatic N) is 1. The Morgan fingerprint density at radius 2 is 1.76 bits per heavy atom. The SMILES string of the molecule is Fc1ccc(Cc2nc3ccccc3s2)cc1. The highest BCUT2D eigenvalue weighted by Crippen LogP contribution is 2.23. The third kappa shape index (κ3) is 2.19. The first-order chi connectivity index (χ1) is 8.31. The second-order valence-electron chi connectivity index (χ2n) is 3.88. The van der Waals surface area contributed by atoms with E-state index in [2.05, 4.69) is 11.1 Å². The Hall–Kier alpha value is -1.74. The van der Waals surface area contributed by atoms with Crippen LogP contribution in [0, 0.1) is 5.82 Å². The van der Waals surface area contributed by atoms with Crippen LogP contribution in [0.2, 0.25) is 0 Å². The highest BCUT2D eigenvalue weighted by Gasteiger charge is 2.04. The molecule has 0 amide bonds. The van der Waals surface area contributed by atoms with Gasteiger partial charge in [-0.25, -0.2) is 9.37 Å². The molecular formula is C14H10FNS. The van der Waals surface area contributed by atoms with Crippen LogP contribution in [-0.4, -0.2) is 4.98 Å². The number of rotatable bonds is 2. The average Bonchev–Trinajstić information content (AvgIpc) is 2.74. The van der Waals surface area contributed by atoms with Gasteiger partial charge in [0.2, 0.25) is 0 Å². The number of halogens is 1. The fourth-order valence-electron chi connectivity index (χ4n) is 1.77. The fraction of sp³-hybridized carbons (Fsp3) is 0.0714. The summed E-state index contributed by atoms with van der Waals surface area (Å²) in [6, 6.07) is 14.7. The number of benzene rings is 2. The normalized spacial score (nSPS) is 10.9. The molecule has 84 valence electrons. The van der Waals surface area contributed by atoms with Crippen molar-refractivity contribution in [3.8, 4) is 0 Å². The number of aromatic nitrogens is 1. The van der Waals surface area contributed by atoms with Crippen molar-refractivity contribution < 1.29 is 4.39 Å². The molecule has 0 spiro atoms. The molecule has 1 aromatic heterocycles. The van der Waals surface area contributed by atoms with Crippen molar-refractivity contribution in [3.05, 3.63) is 64.9 Å². The molecule has 2 aromatic carbocycles. The van der Waals surface area contributed by atoms with Gasteiger partial charge in [0, 0.05) is 6.42 Å². The first-order valence-corrected chi connectivity index (χ1v) is 6.22. The van der Waals surface area contributed by atoms with E-state index in [1.165, 1.54) is 16.8 Å². The highest BCUT2D eigenvalue weighted by molar-refractivity contribution is 7.18. The molecule has 3 heteroatoms. The topological polar surface area (TPSA) is 12.9 Å². The molecule has 0 fully saturated rings. The molecule has 0 bridgehead atoms. The standard InChI is InChI=1S/C14H10FNS/c15-11-7-5-10(6-8-11)9-14-16-12-3-1-2-4-13(12)17-14/h1-8H,9H2. The van der Waals surface area contributed by atoms with Crippen molar-refractivity contribution in [1.29, 1.82) is 0 Å². The maximum Gasteiger partial charge on any atom is 0.123 e. The Labute approximate surface area is 103 Å². The van der Waals surface area contributed by atoms with Gasteiger partial charge in [-0.15, -0.1) is 11.3 Å². The van der Waals surface area contributed by atoms with E-state index in [4.69, 9.17) is 0 Å². The quantitative estimate of drug-likeness (QED) is 0.662. The summed E-state index contributed by atoms with van der Waals surface area (Å²) in [5.74, 6) is -0.196. The predicted octanol–water partition coefficient (Wildman–Crippen LogP) is 4.03. The molecule has 0 unspecified atom stereocenters. The number of fused-ring (bicyclic) bond motifs is 1. The molecule has 0 aliphatic heterocycles. The first kappa shape index (κ1) is 10.4. The van der Waals surface area contributed by atoms with Crippen molar-refractivity contribution in [2.75, 3.05) is 0 Å². The van der Waals surface area contributed by atoms with Gasteiger partial charge in [0.1, 0.15) is 5.82 Å². The second kappa shape index (κ2) is 4.26. The lowest BCUT2D eigenvalue weighted by Crippen LogP contribution is -1.86. The van der Waals surface area contributed by atoms with E-state index in [1.807, 2.05) is 18.2 Å². The predicted molar refractivity (Wildman–Crippen MR) is 68.8 cm³/mol. The number of hydrogen-bond donors (Lipinski definition) is 0. The van der Waals surface area contributed by atoms with Crippen molar-refractivity contribution in [2.45, 2.75) is 6.42 Å². The molecule has 0 aliphatic carbocycles. The van der Waals surface area contributed by atoms with Crippen molar-refractivity contribution in [2.24, 2.45) is 0 Å². The van der Waals surface area contributed by atoms with Crippen molar-refractivity contribution in [3.63, 3.8) is 0 Å². The van der Waals surface area contributed by atoms with E-state index in [1.54, 1.807) is 23.5 Å². The minimum absolute atomic E-state index is 0.196. The Kier molecular flexibility index (Phi) is 2.61. The third-order valence-electron chi connectivity index (χ3n) is 2.61. The van der Waals surface area contributed by atoms with E-state index in [0.717, 1.165) is 22.5 Å². The van der Waals surface area contributed by atoms with Crippen LogP contribution in [0.1, 0.15) is 10.6 Å². The molecule has 0 N–H and O–H groups in total. The average molecular weight is 243 g/mol. The Morgan fingerprint density at radius 3 is 2.53 bits per heavy atom. The van der Waals surface area contributed by atoms with Crippen molar-refractivity contribution >= 4 is 21.6 Å². The van der Waals surface area contributed by atoms with Gasteiger partial charge >= 0.3 is 0 Å². The summed E-state index contributed by atoms with van der Waals surface area (Å²) in [4.78, 5) is 4.56. The van der Waals surface area contributed by atoms with Crippen LogP contribution in [-0.2, 0) is 6.42 Å². The summed E-state index contributed by atoms with van der Waals surface area (Å²) in [5.41, 5.74) is 2.13. The van der Waals surface area contributed by atoms with E-state index >= 15 is 0 Å². The van der Waals surface area contributed by atoms with Crippen LogP contribution in [0.5, 0.6) is 0 Å². The maximum absolute atomic E-state index is 12.8. The molecule has 0 radical (unpaired) electrons. The van der Waals surface area contributed by atoms with E-state index in [9.17, 15) is 4.39 Å². The molecule has 0 saturated carbocycles. The van der Waals surface area contributed by atoms with Gasteiger partial charge < -0.3 is 0 Å². The van der Waals surface area contributed by atoms with Crippen LogP contribution >= 0.6 is 11.3 Å². The molecule has 1 nitrogen and oxygen atoms in total. The van der Waals surface area contributed by atoms with Crippen molar-refractivity contribution in [1.82, 2.24) is 4.98 Å². The minimum atomic E-state index is -0.196. The van der Waals surface area contributed by atoms with Crippen LogP contribution in [0.4, 0.5) is 4.39 Å². The van der Waals surface area contributed by atoms with Gasteiger partial charge in [0.05, 0.1) is 15.2 Å². The molecule has 0 saturated heterocycles. The fourth-order valence-corrected chi connectivity index (χ4v) is 2.77. The van der Waals surface area contributed by atoms with Crippen LogP contribution in [0.25, 0.3) is 10.2 Å². The molecule has 3 rings (SSSR count). The molecule has 1 heterocycles. The smallest absolute Gasteiger partial charge is 0.123 e. The zero-order chi connectivity index (χ0) is 11.7. The largest absolute Gasteiger partial charge is 0.241 e. The summed E-state index contributed by atoms with van der Waals surface area (Å²) in [7, 11) is 0. The summed E-state index contributed by atoms with van der Waals surface area (Å²) in [6.07, 6.45) is 0.764. The monoisotopic (exact) mass is 243 g/mol. The maximum atomic E-state index is 12.8. The van der Waals surface area contributed by atoms with Crippen LogP contribution < -0.4 is 0 Å². The summed E-state index contributed by atoms with van der Waals surface area (Å²) in [6.45, 7) is 0. The lowest BCUT2D eigenvalue weighted by atomic mass is 10.1. The molecule has 0 atom stereocenters. The summed E-state index contributed by atoms with van der Waals surface area (Å²) >= 11 is 1.69. The van der Waals surface area contributed by atoms with Crippen LogP contribution in [0.15, 0.2) is 48.5 Å². The Bertz CT molecular complexity index is 610. The third-order valence-corrected chi connectivity index (χ3v) is 3.64. The second-order valence-corrected chi connectivity index (χ2v) is 4.99. The Balaban J connectivity index is 1.92. The Morgan fingerprint density at radius 1 is 1.00 bits per heavy atom. The van der Waals surface area contributed by atoms with Gasteiger partial charge in [-0.1, -0.05) is 24.3 Å². The number of thiazole rings is 1. The summed E-state index contributed by atoms with van der Waals surface area (Å²) in [5, 5.41) is 1.07. The lowest BCUT2D eigenvalue weighted by molar-refractivity contribution is 0.627. The van der Waals surface area contributed by atoms with E-state index in [-0.39, 0.29) is 5.82 Å². The lowest BCUT2D eigenvalue weighted by Gasteiger charge is -1.96. The molecular weight excluding hydrogens is 233 g/mol. The first-order valence-electron chi connectivity index (χ1n) is 5.40. The van der Waals surface area contributed by atoms with Crippen LogP contribution in [0.3, 0.4) is 0 Å². The zero-order valence-electron chi connectivity index (χ0n) is 9.06.